The lowest BCUT2D eigenvalue weighted by Crippen LogP contribution is -2.50. The van der Waals surface area contributed by atoms with E-state index in [0.29, 0.717) is 36.8 Å². The second-order valence-electron chi connectivity index (χ2n) is 5.31. The molecule has 1 saturated heterocycles. The van der Waals surface area contributed by atoms with Crippen molar-refractivity contribution in [3.05, 3.63) is 58.6 Å². The van der Waals surface area contributed by atoms with E-state index in [1.165, 1.54) is 23.1 Å². The number of H-pyrrole nitrogens is 1. The minimum atomic E-state index is -0.592. The molecule has 1 aliphatic heterocycles. The van der Waals surface area contributed by atoms with Gasteiger partial charge in [-0.3, -0.25) is 9.59 Å². The Morgan fingerprint density at radius 2 is 1.70 bits per heavy atom. The Labute approximate surface area is 137 Å². The first-order valence-electron chi connectivity index (χ1n) is 7.22. The number of nitrogens with one attached hydrogen (secondary N) is 1. The highest BCUT2D eigenvalue weighted by Gasteiger charge is 2.27. The summed E-state index contributed by atoms with van der Waals surface area (Å²) in [6, 6.07) is 5.63. The molecule has 2 amide bonds. The molecule has 3 rings (SSSR count). The molecule has 0 aliphatic carbocycles. The number of carbonyl (C=O) groups is 2. The normalized spacial score (nSPS) is 14.9. The summed E-state index contributed by atoms with van der Waals surface area (Å²) in [5.41, 5.74) is 0.550. The van der Waals surface area contributed by atoms with E-state index in [4.69, 9.17) is 11.6 Å². The standard InChI is InChI=1S/C16H15ClFN3O2/c17-12-1-2-14(18)13(9-12)16(23)21-7-5-20(6-8-21)15(22)11-3-4-19-10-11/h1-4,9-10,19H,5-8H2. The molecule has 2 heterocycles. The van der Waals surface area contributed by atoms with Crippen molar-refractivity contribution in [3.63, 3.8) is 0 Å². The smallest absolute Gasteiger partial charge is 0.257 e. The molecule has 7 heteroatoms. The summed E-state index contributed by atoms with van der Waals surface area (Å²) < 4.78 is 13.8. The van der Waals surface area contributed by atoms with Crippen molar-refractivity contribution in [1.82, 2.24) is 14.8 Å². The van der Waals surface area contributed by atoms with Gasteiger partial charge in [0.2, 0.25) is 0 Å². The lowest BCUT2D eigenvalue weighted by atomic mass is 10.1. The number of amides is 2. The molecule has 1 fully saturated rings. The van der Waals surface area contributed by atoms with Crippen molar-refractivity contribution in [2.45, 2.75) is 0 Å². The summed E-state index contributed by atoms with van der Waals surface area (Å²) >= 11 is 5.83. The Kier molecular flexibility index (Phi) is 4.34. The number of halogens is 2. The third kappa shape index (κ3) is 3.22. The zero-order valence-corrected chi connectivity index (χ0v) is 13.0. The van der Waals surface area contributed by atoms with Gasteiger partial charge in [-0.2, -0.15) is 0 Å². The molecule has 1 N–H and O–H groups in total. The minimum absolute atomic E-state index is 0.0390. The molecular formula is C16H15ClFN3O2. The van der Waals surface area contributed by atoms with Crippen LogP contribution in [0.4, 0.5) is 4.39 Å². The van der Waals surface area contributed by atoms with Crippen molar-refractivity contribution >= 4 is 23.4 Å². The number of rotatable bonds is 2. The van der Waals surface area contributed by atoms with Crippen LogP contribution < -0.4 is 0 Å². The molecule has 5 nitrogen and oxygen atoms in total. The quantitative estimate of drug-likeness (QED) is 0.916. The van der Waals surface area contributed by atoms with E-state index in [1.807, 2.05) is 0 Å². The first-order valence-corrected chi connectivity index (χ1v) is 7.60. The second-order valence-corrected chi connectivity index (χ2v) is 5.74. The van der Waals surface area contributed by atoms with Crippen LogP contribution in [0, 0.1) is 5.82 Å². The Bertz CT molecular complexity index is 725. The van der Waals surface area contributed by atoms with Crippen LogP contribution in [0.15, 0.2) is 36.7 Å². The summed E-state index contributed by atoms with van der Waals surface area (Å²) in [5.74, 6) is -1.07. The summed E-state index contributed by atoms with van der Waals surface area (Å²) in [5, 5.41) is 0.316. The highest BCUT2D eigenvalue weighted by molar-refractivity contribution is 6.31. The minimum Gasteiger partial charge on any atom is -0.367 e. The predicted molar refractivity (Wildman–Crippen MR) is 84.0 cm³/mol. The average Bonchev–Trinajstić information content (AvgIpc) is 3.10. The number of benzene rings is 1. The summed E-state index contributed by atoms with van der Waals surface area (Å²) in [7, 11) is 0. The fraction of sp³-hybridized carbons (Fsp3) is 0.250. The first kappa shape index (κ1) is 15.6. The van der Waals surface area contributed by atoms with Crippen LogP contribution in [0.5, 0.6) is 0 Å². The number of hydrogen-bond donors (Lipinski definition) is 1. The molecule has 0 radical (unpaired) electrons. The molecule has 0 spiro atoms. The molecule has 1 aromatic carbocycles. The van der Waals surface area contributed by atoms with E-state index in [9.17, 15) is 14.0 Å². The van der Waals surface area contributed by atoms with Gasteiger partial charge in [0.05, 0.1) is 11.1 Å². The van der Waals surface area contributed by atoms with Gasteiger partial charge >= 0.3 is 0 Å². The lowest BCUT2D eigenvalue weighted by molar-refractivity contribution is 0.0533. The van der Waals surface area contributed by atoms with E-state index < -0.39 is 11.7 Å². The van der Waals surface area contributed by atoms with Crippen LogP contribution in [0.25, 0.3) is 0 Å². The van der Waals surface area contributed by atoms with Crippen molar-refractivity contribution in [2.75, 3.05) is 26.2 Å². The van der Waals surface area contributed by atoms with Gasteiger partial charge < -0.3 is 14.8 Å². The fourth-order valence-corrected chi connectivity index (χ4v) is 2.76. The van der Waals surface area contributed by atoms with E-state index in [-0.39, 0.29) is 11.5 Å². The largest absolute Gasteiger partial charge is 0.367 e. The fourth-order valence-electron chi connectivity index (χ4n) is 2.58. The lowest BCUT2D eigenvalue weighted by Gasteiger charge is -2.34. The highest BCUT2D eigenvalue weighted by Crippen LogP contribution is 2.18. The van der Waals surface area contributed by atoms with Crippen LogP contribution in [0.2, 0.25) is 5.02 Å². The third-order valence-corrected chi connectivity index (χ3v) is 4.09. The zero-order chi connectivity index (χ0) is 16.4. The van der Waals surface area contributed by atoms with Crippen molar-refractivity contribution < 1.29 is 14.0 Å². The van der Waals surface area contributed by atoms with Gasteiger partial charge in [0.15, 0.2) is 0 Å². The Hall–Kier alpha value is -2.34. The summed E-state index contributed by atoms with van der Waals surface area (Å²) in [4.78, 5) is 30.7. The first-order chi connectivity index (χ1) is 11.1. The molecule has 0 unspecified atom stereocenters. The number of nitrogens with zero attached hydrogens (tertiary/aromatic N) is 2. The van der Waals surface area contributed by atoms with Crippen LogP contribution >= 0.6 is 11.6 Å². The van der Waals surface area contributed by atoms with Crippen LogP contribution in [-0.2, 0) is 0 Å². The number of aromatic amines is 1. The number of hydrogen-bond acceptors (Lipinski definition) is 2. The second kappa shape index (κ2) is 6.42. The number of aromatic nitrogens is 1. The Morgan fingerprint density at radius 3 is 2.30 bits per heavy atom. The topological polar surface area (TPSA) is 56.4 Å². The number of carbonyl (C=O) groups excluding carboxylic acids is 2. The molecule has 2 aromatic rings. The highest BCUT2D eigenvalue weighted by atomic mass is 35.5. The van der Waals surface area contributed by atoms with E-state index in [0.717, 1.165) is 0 Å². The average molecular weight is 336 g/mol. The number of piperazine rings is 1. The molecule has 0 atom stereocenters. The molecule has 1 aromatic heterocycles. The van der Waals surface area contributed by atoms with Gasteiger partial charge in [-0.05, 0) is 24.3 Å². The van der Waals surface area contributed by atoms with Gasteiger partial charge in [0, 0.05) is 43.6 Å². The maximum Gasteiger partial charge on any atom is 0.257 e. The maximum absolute atomic E-state index is 13.8. The van der Waals surface area contributed by atoms with Crippen LogP contribution in [-0.4, -0.2) is 52.8 Å². The summed E-state index contributed by atoms with van der Waals surface area (Å²) in [6.45, 7) is 1.55. The van der Waals surface area contributed by atoms with E-state index >= 15 is 0 Å². The van der Waals surface area contributed by atoms with Crippen molar-refractivity contribution in [3.8, 4) is 0 Å². The third-order valence-electron chi connectivity index (χ3n) is 3.86. The van der Waals surface area contributed by atoms with Gasteiger partial charge in [-0.1, -0.05) is 11.6 Å². The summed E-state index contributed by atoms with van der Waals surface area (Å²) in [6.07, 6.45) is 3.33. The van der Waals surface area contributed by atoms with E-state index in [1.54, 1.807) is 23.4 Å². The molecular weight excluding hydrogens is 321 g/mol. The SMILES string of the molecule is O=C(c1cc[nH]c1)N1CCN(C(=O)c2cc(Cl)ccc2F)CC1. The molecule has 0 saturated carbocycles. The Morgan fingerprint density at radius 1 is 1.04 bits per heavy atom. The molecule has 0 bridgehead atoms. The van der Waals surface area contributed by atoms with E-state index in [2.05, 4.69) is 4.98 Å². The Balaban J connectivity index is 1.66. The maximum atomic E-state index is 13.8. The van der Waals surface area contributed by atoms with Gasteiger partial charge in [0.25, 0.3) is 11.8 Å². The monoisotopic (exact) mass is 335 g/mol. The van der Waals surface area contributed by atoms with Crippen LogP contribution in [0.3, 0.4) is 0 Å². The van der Waals surface area contributed by atoms with Gasteiger partial charge in [-0.15, -0.1) is 0 Å². The van der Waals surface area contributed by atoms with Crippen molar-refractivity contribution in [2.24, 2.45) is 0 Å². The molecule has 23 heavy (non-hydrogen) atoms. The molecule has 120 valence electrons. The van der Waals surface area contributed by atoms with Gasteiger partial charge in [-0.25, -0.2) is 4.39 Å². The van der Waals surface area contributed by atoms with Gasteiger partial charge in [0.1, 0.15) is 5.82 Å². The van der Waals surface area contributed by atoms with Crippen molar-refractivity contribution in [1.29, 1.82) is 0 Å². The predicted octanol–water partition coefficient (Wildman–Crippen LogP) is 2.41. The zero-order valence-electron chi connectivity index (χ0n) is 12.3. The van der Waals surface area contributed by atoms with Crippen LogP contribution in [0.1, 0.15) is 20.7 Å². The molecule has 1 aliphatic rings.